The molecule has 5 nitrogen and oxygen atoms in total. The lowest BCUT2D eigenvalue weighted by molar-refractivity contribution is -0.129. The summed E-state index contributed by atoms with van der Waals surface area (Å²) in [6.07, 6.45) is 4.29. The van der Waals surface area contributed by atoms with Crippen LogP contribution in [0.4, 0.5) is 0 Å². The minimum Gasteiger partial charge on any atom is -0.347 e. The quantitative estimate of drug-likeness (QED) is 0.779. The molecule has 0 saturated heterocycles. The van der Waals surface area contributed by atoms with Crippen LogP contribution in [0.3, 0.4) is 0 Å². The molecule has 0 aliphatic rings. The molecule has 0 aliphatic carbocycles. The van der Waals surface area contributed by atoms with Gasteiger partial charge in [-0.3, -0.25) is 14.3 Å². The third kappa shape index (κ3) is 3.07. The van der Waals surface area contributed by atoms with Crippen LogP contribution >= 0.6 is 0 Å². The first kappa shape index (κ1) is 13.0. The number of rotatable bonds is 4. The van der Waals surface area contributed by atoms with Crippen LogP contribution in [0.1, 0.15) is 10.4 Å². The highest BCUT2D eigenvalue weighted by Gasteiger charge is 2.07. The van der Waals surface area contributed by atoms with Crippen LogP contribution in [0.25, 0.3) is 11.1 Å². The maximum absolute atomic E-state index is 11.6. The van der Waals surface area contributed by atoms with E-state index < -0.39 is 0 Å². The number of amides is 1. The lowest BCUT2D eigenvalue weighted by atomic mass is 10.1. The summed E-state index contributed by atoms with van der Waals surface area (Å²) in [5, 5.41) is 4.15. The summed E-state index contributed by atoms with van der Waals surface area (Å²) in [5.74, 6) is -0.0173. The smallest absolute Gasteiger partial charge is 0.243 e. The molecule has 0 bridgehead atoms. The zero-order valence-electron chi connectivity index (χ0n) is 10.9. The topological polar surface area (TPSA) is 55.2 Å². The maximum Gasteiger partial charge on any atom is 0.243 e. The van der Waals surface area contributed by atoms with Gasteiger partial charge in [0.15, 0.2) is 0 Å². The molecule has 1 aromatic carbocycles. The van der Waals surface area contributed by atoms with Crippen LogP contribution in [-0.4, -0.2) is 41.0 Å². The fourth-order valence-electron chi connectivity index (χ4n) is 1.67. The van der Waals surface area contributed by atoms with Crippen molar-refractivity contribution >= 4 is 12.2 Å². The average Bonchev–Trinajstić information content (AvgIpc) is 2.87. The number of nitrogens with zero attached hydrogens (tertiary/aromatic N) is 3. The summed E-state index contributed by atoms with van der Waals surface area (Å²) >= 11 is 0. The Hall–Kier alpha value is -2.43. The highest BCUT2D eigenvalue weighted by Crippen LogP contribution is 2.19. The minimum absolute atomic E-state index is 0.0173. The Bertz CT molecular complexity index is 602. The number of benzene rings is 1. The van der Waals surface area contributed by atoms with Crippen molar-refractivity contribution in [1.29, 1.82) is 0 Å². The molecule has 5 heteroatoms. The molecule has 0 saturated carbocycles. The van der Waals surface area contributed by atoms with Crippen molar-refractivity contribution in [3.05, 3.63) is 42.2 Å². The van der Waals surface area contributed by atoms with Crippen molar-refractivity contribution in [3.8, 4) is 11.1 Å². The summed E-state index contributed by atoms with van der Waals surface area (Å²) in [6.45, 7) is 0.209. The van der Waals surface area contributed by atoms with Gasteiger partial charge < -0.3 is 4.90 Å². The molecule has 0 atom stereocenters. The molecule has 2 aromatic rings. The highest BCUT2D eigenvalue weighted by atomic mass is 16.2. The average molecular weight is 257 g/mol. The van der Waals surface area contributed by atoms with E-state index in [1.54, 1.807) is 43.3 Å². The van der Waals surface area contributed by atoms with Crippen LogP contribution in [0, 0.1) is 0 Å². The van der Waals surface area contributed by atoms with Crippen LogP contribution < -0.4 is 0 Å². The second-order valence-corrected chi connectivity index (χ2v) is 4.46. The molecule has 19 heavy (non-hydrogen) atoms. The Morgan fingerprint density at radius 1 is 1.37 bits per heavy atom. The Morgan fingerprint density at radius 3 is 2.84 bits per heavy atom. The number of hydrogen-bond acceptors (Lipinski definition) is 3. The van der Waals surface area contributed by atoms with Crippen molar-refractivity contribution in [3.63, 3.8) is 0 Å². The van der Waals surface area contributed by atoms with E-state index in [1.165, 1.54) is 4.90 Å². The fourth-order valence-corrected chi connectivity index (χ4v) is 1.67. The zero-order valence-corrected chi connectivity index (χ0v) is 10.9. The fraction of sp³-hybridized carbons (Fsp3) is 0.214. The van der Waals surface area contributed by atoms with E-state index in [-0.39, 0.29) is 12.5 Å². The molecule has 1 aromatic heterocycles. The number of aldehydes is 1. The Kier molecular flexibility index (Phi) is 3.75. The van der Waals surface area contributed by atoms with E-state index in [0.29, 0.717) is 5.56 Å². The van der Waals surface area contributed by atoms with Gasteiger partial charge in [0.05, 0.1) is 6.20 Å². The third-order valence-corrected chi connectivity index (χ3v) is 2.79. The first-order valence-corrected chi connectivity index (χ1v) is 5.88. The summed E-state index contributed by atoms with van der Waals surface area (Å²) in [6, 6.07) is 7.27. The van der Waals surface area contributed by atoms with E-state index in [9.17, 15) is 9.59 Å². The van der Waals surface area contributed by atoms with Gasteiger partial charge in [-0.1, -0.05) is 18.2 Å². The van der Waals surface area contributed by atoms with E-state index in [0.717, 1.165) is 17.4 Å². The van der Waals surface area contributed by atoms with Crippen molar-refractivity contribution in [2.24, 2.45) is 0 Å². The zero-order chi connectivity index (χ0) is 13.8. The molecule has 0 N–H and O–H groups in total. The first-order chi connectivity index (χ1) is 9.10. The first-order valence-electron chi connectivity index (χ1n) is 5.88. The van der Waals surface area contributed by atoms with Crippen LogP contribution in [0.2, 0.25) is 0 Å². The van der Waals surface area contributed by atoms with Crippen molar-refractivity contribution in [1.82, 2.24) is 14.7 Å². The van der Waals surface area contributed by atoms with Gasteiger partial charge in [-0.2, -0.15) is 5.10 Å². The second-order valence-electron chi connectivity index (χ2n) is 4.46. The standard InChI is InChI=1S/C14H15N3O2/c1-16(2)14(19)9-17-8-13(7-15-17)12-5-3-4-11(6-12)10-18/h3-8,10H,9H2,1-2H3. The molecule has 2 rings (SSSR count). The van der Waals surface area contributed by atoms with Crippen LogP contribution in [0.5, 0.6) is 0 Å². The number of likely N-dealkylation sites (N-methyl/N-ethyl adjacent to an activating group) is 1. The largest absolute Gasteiger partial charge is 0.347 e. The second kappa shape index (κ2) is 5.48. The summed E-state index contributed by atoms with van der Waals surface area (Å²) in [7, 11) is 3.42. The number of hydrogen-bond donors (Lipinski definition) is 0. The molecule has 0 aliphatic heterocycles. The minimum atomic E-state index is -0.0173. The molecule has 1 amide bonds. The van der Waals surface area contributed by atoms with Crippen molar-refractivity contribution in [2.75, 3.05) is 14.1 Å². The predicted octanol–water partition coefficient (Wildman–Crippen LogP) is 1.45. The van der Waals surface area contributed by atoms with Gasteiger partial charge in [0.25, 0.3) is 0 Å². The third-order valence-electron chi connectivity index (χ3n) is 2.79. The van der Waals surface area contributed by atoms with E-state index in [4.69, 9.17) is 0 Å². The predicted molar refractivity (Wildman–Crippen MR) is 71.7 cm³/mol. The van der Waals surface area contributed by atoms with Gasteiger partial charge in [0.2, 0.25) is 5.91 Å². The number of carbonyl (C=O) groups is 2. The lowest BCUT2D eigenvalue weighted by Crippen LogP contribution is -2.26. The summed E-state index contributed by atoms with van der Waals surface area (Å²) in [5.41, 5.74) is 2.41. The lowest BCUT2D eigenvalue weighted by Gasteiger charge is -2.09. The molecular formula is C14H15N3O2. The van der Waals surface area contributed by atoms with Gasteiger partial charge in [-0.25, -0.2) is 0 Å². The van der Waals surface area contributed by atoms with E-state index in [2.05, 4.69) is 5.10 Å². The molecule has 0 radical (unpaired) electrons. The van der Waals surface area contributed by atoms with Crippen LogP contribution in [0.15, 0.2) is 36.7 Å². The normalized spacial score (nSPS) is 10.2. The van der Waals surface area contributed by atoms with Crippen molar-refractivity contribution in [2.45, 2.75) is 6.54 Å². The highest BCUT2D eigenvalue weighted by molar-refractivity contribution is 5.79. The van der Waals surface area contributed by atoms with Gasteiger partial charge in [-0.15, -0.1) is 0 Å². The SMILES string of the molecule is CN(C)C(=O)Cn1cc(-c2cccc(C=O)c2)cn1. The van der Waals surface area contributed by atoms with Gasteiger partial charge in [0, 0.05) is 31.4 Å². The number of carbonyl (C=O) groups excluding carboxylic acids is 2. The molecule has 0 spiro atoms. The molecule has 0 fully saturated rings. The van der Waals surface area contributed by atoms with Gasteiger partial charge in [-0.05, 0) is 11.6 Å². The Balaban J connectivity index is 2.20. The molecule has 98 valence electrons. The van der Waals surface area contributed by atoms with E-state index in [1.807, 2.05) is 12.1 Å². The maximum atomic E-state index is 11.6. The Labute approximate surface area is 111 Å². The molecule has 0 unspecified atom stereocenters. The van der Waals surface area contributed by atoms with Crippen LogP contribution in [-0.2, 0) is 11.3 Å². The molecular weight excluding hydrogens is 242 g/mol. The van der Waals surface area contributed by atoms with Gasteiger partial charge >= 0.3 is 0 Å². The monoisotopic (exact) mass is 257 g/mol. The molecule has 1 heterocycles. The van der Waals surface area contributed by atoms with Gasteiger partial charge in [0.1, 0.15) is 12.8 Å². The summed E-state index contributed by atoms with van der Waals surface area (Å²) in [4.78, 5) is 23.8. The number of aromatic nitrogens is 2. The summed E-state index contributed by atoms with van der Waals surface area (Å²) < 4.78 is 1.59. The van der Waals surface area contributed by atoms with Crippen molar-refractivity contribution < 1.29 is 9.59 Å². The van der Waals surface area contributed by atoms with E-state index >= 15 is 0 Å². The Morgan fingerprint density at radius 2 is 2.16 bits per heavy atom.